The van der Waals surface area contributed by atoms with Crippen molar-refractivity contribution in [2.24, 2.45) is 0 Å². The lowest BCUT2D eigenvalue weighted by Crippen LogP contribution is -2.24. The number of hydrogen-bond donors (Lipinski definition) is 1. The number of ether oxygens (including phenoxy) is 1. The fourth-order valence-corrected chi connectivity index (χ4v) is 2.85. The van der Waals surface area contributed by atoms with Gasteiger partial charge in [-0.15, -0.1) is 0 Å². The van der Waals surface area contributed by atoms with Gasteiger partial charge in [0.1, 0.15) is 11.6 Å². The van der Waals surface area contributed by atoms with Crippen molar-refractivity contribution in [3.63, 3.8) is 0 Å². The van der Waals surface area contributed by atoms with Crippen molar-refractivity contribution in [2.45, 2.75) is 6.54 Å². The van der Waals surface area contributed by atoms with Crippen LogP contribution in [0.5, 0.6) is 11.6 Å². The molecule has 0 spiro atoms. The van der Waals surface area contributed by atoms with Gasteiger partial charge in [-0.3, -0.25) is 4.79 Å². The zero-order valence-electron chi connectivity index (χ0n) is 15.0. The predicted octanol–water partition coefficient (Wildman–Crippen LogP) is 4.03. The van der Waals surface area contributed by atoms with Crippen LogP contribution in [0.25, 0.3) is 0 Å². The maximum absolute atomic E-state index is 12.4. The Morgan fingerprint density at radius 3 is 2.70 bits per heavy atom. The lowest BCUT2D eigenvalue weighted by atomic mass is 10.2. The molecule has 0 fully saturated rings. The SMILES string of the molecule is CN(C)c1ncccc1CNC(=O)c1ccc(Oc2cccc(Br)c2)nc1. The number of carbonyl (C=O) groups excluding carboxylic acids is 1. The monoisotopic (exact) mass is 426 g/mol. The second-order valence-electron chi connectivity index (χ2n) is 6.01. The Morgan fingerprint density at radius 1 is 1.15 bits per heavy atom. The van der Waals surface area contributed by atoms with Crippen molar-refractivity contribution in [1.82, 2.24) is 15.3 Å². The van der Waals surface area contributed by atoms with E-state index in [2.05, 4.69) is 31.2 Å². The number of carbonyl (C=O) groups is 1. The Balaban J connectivity index is 1.62. The van der Waals surface area contributed by atoms with Gasteiger partial charge in [-0.2, -0.15) is 0 Å². The standard InChI is InChI=1S/C20H19BrN4O2/c1-25(2)19-14(5-4-10-22-19)12-24-20(26)15-8-9-18(23-13-15)27-17-7-3-6-16(21)11-17/h3-11,13H,12H2,1-2H3,(H,24,26). The van der Waals surface area contributed by atoms with Crippen molar-refractivity contribution < 1.29 is 9.53 Å². The summed E-state index contributed by atoms with van der Waals surface area (Å²) < 4.78 is 6.60. The molecule has 0 radical (unpaired) electrons. The first-order valence-corrected chi connectivity index (χ1v) is 9.11. The molecule has 6 nitrogen and oxygen atoms in total. The number of benzene rings is 1. The van der Waals surface area contributed by atoms with Gasteiger partial charge in [0, 0.05) is 49.1 Å². The predicted molar refractivity (Wildman–Crippen MR) is 108 cm³/mol. The first-order valence-electron chi connectivity index (χ1n) is 8.32. The van der Waals surface area contributed by atoms with E-state index in [0.29, 0.717) is 23.7 Å². The van der Waals surface area contributed by atoms with E-state index in [-0.39, 0.29) is 5.91 Å². The maximum atomic E-state index is 12.4. The van der Waals surface area contributed by atoms with E-state index in [1.165, 1.54) is 6.20 Å². The molecule has 0 saturated heterocycles. The molecule has 0 saturated carbocycles. The van der Waals surface area contributed by atoms with Gasteiger partial charge in [0.25, 0.3) is 5.91 Å². The van der Waals surface area contributed by atoms with E-state index in [1.54, 1.807) is 18.3 Å². The first kappa shape index (κ1) is 18.8. The molecular formula is C20H19BrN4O2. The lowest BCUT2D eigenvalue weighted by molar-refractivity contribution is 0.0950. The Labute approximate surface area is 166 Å². The first-order chi connectivity index (χ1) is 13.0. The molecule has 0 aliphatic carbocycles. The third-order valence-electron chi connectivity index (χ3n) is 3.75. The van der Waals surface area contributed by atoms with Gasteiger partial charge in [0.15, 0.2) is 0 Å². The number of aromatic nitrogens is 2. The van der Waals surface area contributed by atoms with E-state index in [9.17, 15) is 4.79 Å². The van der Waals surface area contributed by atoms with Crippen LogP contribution in [0.3, 0.4) is 0 Å². The minimum atomic E-state index is -0.204. The molecule has 1 aromatic carbocycles. The van der Waals surface area contributed by atoms with Gasteiger partial charge in [-0.05, 0) is 30.3 Å². The zero-order valence-corrected chi connectivity index (χ0v) is 16.6. The van der Waals surface area contributed by atoms with Crippen LogP contribution in [-0.2, 0) is 6.54 Å². The van der Waals surface area contributed by atoms with Crippen LogP contribution in [-0.4, -0.2) is 30.0 Å². The van der Waals surface area contributed by atoms with E-state index in [0.717, 1.165) is 15.9 Å². The summed E-state index contributed by atoms with van der Waals surface area (Å²) in [5.41, 5.74) is 1.41. The minimum Gasteiger partial charge on any atom is -0.439 e. The van der Waals surface area contributed by atoms with Crippen molar-refractivity contribution in [2.75, 3.05) is 19.0 Å². The summed E-state index contributed by atoms with van der Waals surface area (Å²) in [6, 6.07) is 14.6. The molecule has 3 rings (SSSR count). The molecule has 0 atom stereocenters. The largest absolute Gasteiger partial charge is 0.439 e. The van der Waals surface area contributed by atoms with Crippen LogP contribution in [0.2, 0.25) is 0 Å². The Kier molecular flexibility index (Phi) is 6.03. The molecule has 0 aliphatic heterocycles. The summed E-state index contributed by atoms with van der Waals surface area (Å²) in [4.78, 5) is 22.8. The smallest absolute Gasteiger partial charge is 0.253 e. The van der Waals surface area contributed by atoms with Gasteiger partial charge in [-0.25, -0.2) is 9.97 Å². The van der Waals surface area contributed by atoms with E-state index >= 15 is 0 Å². The molecule has 27 heavy (non-hydrogen) atoms. The number of hydrogen-bond acceptors (Lipinski definition) is 5. The Hall–Kier alpha value is -2.93. The molecule has 1 N–H and O–H groups in total. The molecule has 0 bridgehead atoms. The average molecular weight is 427 g/mol. The molecule has 0 unspecified atom stereocenters. The fraction of sp³-hybridized carbons (Fsp3) is 0.150. The van der Waals surface area contributed by atoms with Crippen molar-refractivity contribution in [1.29, 1.82) is 0 Å². The number of halogens is 1. The highest BCUT2D eigenvalue weighted by Crippen LogP contribution is 2.23. The fourth-order valence-electron chi connectivity index (χ4n) is 2.47. The van der Waals surface area contributed by atoms with Crippen molar-refractivity contribution in [3.05, 3.63) is 76.5 Å². The highest BCUT2D eigenvalue weighted by molar-refractivity contribution is 9.10. The second kappa shape index (κ2) is 8.64. The number of nitrogens with one attached hydrogen (secondary N) is 1. The maximum Gasteiger partial charge on any atom is 0.253 e. The molecule has 2 aromatic heterocycles. The van der Waals surface area contributed by atoms with Gasteiger partial charge in [0.05, 0.1) is 5.56 Å². The second-order valence-corrected chi connectivity index (χ2v) is 6.92. The van der Waals surface area contributed by atoms with Crippen molar-refractivity contribution >= 4 is 27.7 Å². The summed E-state index contributed by atoms with van der Waals surface area (Å²) in [6.07, 6.45) is 3.23. The van der Waals surface area contributed by atoms with Crippen molar-refractivity contribution in [3.8, 4) is 11.6 Å². The summed E-state index contributed by atoms with van der Waals surface area (Å²) in [5.74, 6) is 1.72. The van der Waals surface area contributed by atoms with Crippen LogP contribution in [0.4, 0.5) is 5.82 Å². The van der Waals surface area contributed by atoms with Crippen LogP contribution in [0, 0.1) is 0 Å². The third-order valence-corrected chi connectivity index (χ3v) is 4.24. The van der Waals surface area contributed by atoms with Gasteiger partial charge >= 0.3 is 0 Å². The molecular weight excluding hydrogens is 408 g/mol. The number of nitrogens with zero attached hydrogens (tertiary/aromatic N) is 3. The quantitative estimate of drug-likeness (QED) is 0.644. The zero-order chi connectivity index (χ0) is 19.2. The van der Waals surface area contributed by atoms with Crippen LogP contribution in [0.15, 0.2) is 65.4 Å². The van der Waals surface area contributed by atoms with Crippen LogP contribution in [0.1, 0.15) is 15.9 Å². The molecule has 0 aliphatic rings. The lowest BCUT2D eigenvalue weighted by Gasteiger charge is -2.16. The van der Waals surface area contributed by atoms with E-state index in [4.69, 9.17) is 4.74 Å². The van der Waals surface area contributed by atoms with Crippen LogP contribution < -0.4 is 15.0 Å². The topological polar surface area (TPSA) is 67.4 Å². The number of rotatable bonds is 6. The highest BCUT2D eigenvalue weighted by atomic mass is 79.9. The molecule has 7 heteroatoms. The average Bonchev–Trinajstić information content (AvgIpc) is 2.67. The minimum absolute atomic E-state index is 0.204. The van der Waals surface area contributed by atoms with Gasteiger partial charge in [0.2, 0.25) is 5.88 Å². The molecule has 3 aromatic rings. The van der Waals surface area contributed by atoms with Crippen LogP contribution >= 0.6 is 15.9 Å². The Bertz CT molecular complexity index is 929. The third kappa shape index (κ3) is 5.04. The van der Waals surface area contributed by atoms with Gasteiger partial charge in [-0.1, -0.05) is 28.1 Å². The highest BCUT2D eigenvalue weighted by Gasteiger charge is 2.10. The number of amides is 1. The number of anilines is 1. The normalized spacial score (nSPS) is 10.3. The van der Waals surface area contributed by atoms with E-state index in [1.807, 2.05) is 55.4 Å². The summed E-state index contributed by atoms with van der Waals surface area (Å²) >= 11 is 3.40. The van der Waals surface area contributed by atoms with E-state index < -0.39 is 0 Å². The molecule has 1 amide bonds. The molecule has 2 heterocycles. The van der Waals surface area contributed by atoms with Gasteiger partial charge < -0.3 is 15.0 Å². The molecule has 138 valence electrons. The summed E-state index contributed by atoms with van der Waals surface area (Å²) in [5, 5.41) is 2.89. The Morgan fingerprint density at radius 2 is 2.00 bits per heavy atom. The summed E-state index contributed by atoms with van der Waals surface area (Å²) in [6.45, 7) is 0.385. The summed E-state index contributed by atoms with van der Waals surface area (Å²) in [7, 11) is 3.84. The number of pyridine rings is 2.